The number of carboxylic acid groups (broad SMARTS) is 1. The number of nitrogens with zero attached hydrogens (tertiary/aromatic N) is 2. The molecule has 27 heavy (non-hydrogen) atoms. The first-order chi connectivity index (χ1) is 12.6. The van der Waals surface area contributed by atoms with Crippen molar-refractivity contribution in [3.8, 4) is 0 Å². The Labute approximate surface area is 154 Å². The summed E-state index contributed by atoms with van der Waals surface area (Å²) in [5.74, 6) is -0.441. The number of carboxylic acids is 1. The minimum atomic E-state index is -5.08. The van der Waals surface area contributed by atoms with E-state index in [0.717, 1.165) is 31.5 Å². The van der Waals surface area contributed by atoms with Gasteiger partial charge in [-0.15, -0.1) is 0 Å². The van der Waals surface area contributed by atoms with Gasteiger partial charge in [0.1, 0.15) is 0 Å². The molecule has 0 aliphatic heterocycles. The van der Waals surface area contributed by atoms with E-state index in [-0.39, 0.29) is 17.7 Å². The van der Waals surface area contributed by atoms with Crippen molar-refractivity contribution in [1.82, 2.24) is 15.5 Å². The van der Waals surface area contributed by atoms with Gasteiger partial charge in [0.05, 0.1) is 0 Å². The molecule has 0 spiro atoms. The Bertz CT molecular complexity index is 611. The number of nitrogens with two attached hydrogens (primary N) is 1. The van der Waals surface area contributed by atoms with Crippen molar-refractivity contribution in [3.63, 3.8) is 0 Å². The van der Waals surface area contributed by atoms with Crippen molar-refractivity contribution in [2.24, 2.45) is 11.7 Å². The van der Waals surface area contributed by atoms with Crippen molar-refractivity contribution in [2.75, 3.05) is 13.1 Å². The van der Waals surface area contributed by atoms with Gasteiger partial charge in [-0.1, -0.05) is 19.0 Å². The quantitative estimate of drug-likeness (QED) is 0.697. The number of carbonyl (C=O) groups excluding carboxylic acids is 1. The van der Waals surface area contributed by atoms with Crippen molar-refractivity contribution >= 4 is 11.9 Å². The topological polar surface area (TPSA) is 131 Å². The predicted molar refractivity (Wildman–Crippen MR) is 88.8 cm³/mol. The van der Waals surface area contributed by atoms with E-state index in [1.54, 1.807) is 0 Å². The number of rotatable bonds is 5. The summed E-state index contributed by atoms with van der Waals surface area (Å²) in [5, 5.41) is 14.1. The summed E-state index contributed by atoms with van der Waals surface area (Å²) in [6.45, 7) is 5.12. The van der Waals surface area contributed by atoms with Crippen LogP contribution in [-0.2, 0) is 9.59 Å². The fourth-order valence-corrected chi connectivity index (χ4v) is 2.60. The Balaban J connectivity index is 0.000000445. The summed E-state index contributed by atoms with van der Waals surface area (Å²) >= 11 is 0. The number of aromatic nitrogens is 2. The van der Waals surface area contributed by atoms with Crippen LogP contribution in [0.5, 0.6) is 0 Å². The van der Waals surface area contributed by atoms with Crippen LogP contribution in [0.2, 0.25) is 0 Å². The standard InChI is InChI=1S/C14H24N4O2.C2HF3O2/c1-9(2)14-17-12(18-20-14)10-3-5-11(6-4-10)13(19)16-8-7-15;3-2(4,5)1(6)7/h9-11H,3-8,15H2,1-2H3,(H,16,19);(H,6,7)/t10-,11-;. The van der Waals surface area contributed by atoms with Crippen molar-refractivity contribution in [2.45, 2.75) is 57.5 Å². The molecule has 2 rings (SSSR count). The van der Waals surface area contributed by atoms with Crippen molar-refractivity contribution in [3.05, 3.63) is 11.7 Å². The van der Waals surface area contributed by atoms with E-state index in [1.807, 2.05) is 13.8 Å². The lowest BCUT2D eigenvalue weighted by Crippen LogP contribution is -2.35. The van der Waals surface area contributed by atoms with Crippen LogP contribution >= 0.6 is 0 Å². The molecule has 1 saturated carbocycles. The highest BCUT2D eigenvalue weighted by Crippen LogP contribution is 2.34. The van der Waals surface area contributed by atoms with E-state index in [0.29, 0.717) is 24.9 Å². The first-order valence-electron chi connectivity index (χ1n) is 8.67. The van der Waals surface area contributed by atoms with Crippen LogP contribution in [0.15, 0.2) is 4.52 Å². The molecule has 11 heteroatoms. The van der Waals surface area contributed by atoms with E-state index in [1.165, 1.54) is 0 Å². The summed E-state index contributed by atoms with van der Waals surface area (Å²) < 4.78 is 37.0. The highest BCUT2D eigenvalue weighted by Gasteiger charge is 2.38. The van der Waals surface area contributed by atoms with Crippen molar-refractivity contribution < 1.29 is 32.4 Å². The van der Waals surface area contributed by atoms with Crippen LogP contribution in [0.1, 0.15) is 63.1 Å². The van der Waals surface area contributed by atoms with Gasteiger partial charge in [0.25, 0.3) is 0 Å². The van der Waals surface area contributed by atoms with Gasteiger partial charge >= 0.3 is 12.1 Å². The lowest BCUT2D eigenvalue weighted by atomic mass is 9.81. The van der Waals surface area contributed by atoms with Crippen LogP contribution in [0.25, 0.3) is 0 Å². The van der Waals surface area contributed by atoms with Gasteiger partial charge in [0.15, 0.2) is 5.82 Å². The van der Waals surface area contributed by atoms with Crippen LogP contribution in [0.3, 0.4) is 0 Å². The molecule has 1 aromatic rings. The first kappa shape index (κ1) is 22.9. The summed E-state index contributed by atoms with van der Waals surface area (Å²) in [6, 6.07) is 0. The van der Waals surface area contributed by atoms with Gasteiger partial charge in [-0.25, -0.2) is 4.79 Å². The van der Waals surface area contributed by atoms with Crippen LogP contribution in [0, 0.1) is 5.92 Å². The smallest absolute Gasteiger partial charge is 0.475 e. The Kier molecular flexibility index (Phi) is 8.67. The zero-order valence-electron chi connectivity index (χ0n) is 15.3. The Hall–Kier alpha value is -2.17. The number of hydrogen-bond donors (Lipinski definition) is 3. The molecule has 154 valence electrons. The second-order valence-corrected chi connectivity index (χ2v) is 6.58. The lowest BCUT2D eigenvalue weighted by molar-refractivity contribution is -0.192. The molecule has 1 amide bonds. The molecule has 0 bridgehead atoms. The van der Waals surface area contributed by atoms with Gasteiger partial charge in [0, 0.05) is 30.8 Å². The normalized spacial score (nSPS) is 20.0. The van der Waals surface area contributed by atoms with Gasteiger partial charge in [-0.2, -0.15) is 18.2 Å². The second-order valence-electron chi connectivity index (χ2n) is 6.58. The summed E-state index contributed by atoms with van der Waals surface area (Å²) in [6.07, 6.45) is -1.44. The van der Waals surface area contributed by atoms with E-state index in [9.17, 15) is 18.0 Å². The molecular weight excluding hydrogens is 369 g/mol. The van der Waals surface area contributed by atoms with E-state index < -0.39 is 12.1 Å². The molecule has 4 N–H and O–H groups in total. The van der Waals surface area contributed by atoms with Gasteiger partial charge < -0.3 is 20.7 Å². The summed E-state index contributed by atoms with van der Waals surface area (Å²) in [5.41, 5.74) is 5.39. The average Bonchev–Trinajstić information content (AvgIpc) is 3.10. The maximum Gasteiger partial charge on any atom is 0.490 e. The maximum atomic E-state index is 11.9. The molecule has 1 heterocycles. The second kappa shape index (κ2) is 10.2. The third-order valence-electron chi connectivity index (χ3n) is 4.10. The number of alkyl halides is 3. The third-order valence-corrected chi connectivity index (χ3v) is 4.10. The predicted octanol–water partition coefficient (Wildman–Crippen LogP) is 2.17. The average molecular weight is 394 g/mol. The summed E-state index contributed by atoms with van der Waals surface area (Å²) in [4.78, 5) is 25.2. The minimum Gasteiger partial charge on any atom is -0.475 e. The van der Waals surface area contributed by atoms with Crippen LogP contribution < -0.4 is 11.1 Å². The SMILES string of the molecule is CC(C)c1nc([C@H]2CC[C@H](C(=O)NCCN)CC2)no1.O=C(O)C(F)(F)F. The zero-order chi connectivity index (χ0) is 20.6. The minimum absolute atomic E-state index is 0.106. The molecule has 1 aliphatic carbocycles. The molecule has 1 aromatic heterocycles. The molecule has 0 radical (unpaired) electrons. The number of aliphatic carboxylic acids is 1. The molecular formula is C16H25F3N4O4. The number of halogens is 3. The Morgan fingerprint density at radius 3 is 2.26 bits per heavy atom. The Morgan fingerprint density at radius 2 is 1.85 bits per heavy atom. The van der Waals surface area contributed by atoms with Crippen molar-refractivity contribution in [1.29, 1.82) is 0 Å². The molecule has 0 aromatic carbocycles. The fraction of sp³-hybridized carbons (Fsp3) is 0.750. The largest absolute Gasteiger partial charge is 0.490 e. The monoisotopic (exact) mass is 394 g/mol. The van der Waals surface area contributed by atoms with Gasteiger partial charge in [-0.3, -0.25) is 4.79 Å². The van der Waals surface area contributed by atoms with Gasteiger partial charge in [-0.05, 0) is 25.7 Å². The maximum absolute atomic E-state index is 11.9. The zero-order valence-corrected chi connectivity index (χ0v) is 15.3. The number of hydrogen-bond acceptors (Lipinski definition) is 6. The fourth-order valence-electron chi connectivity index (χ4n) is 2.60. The van der Waals surface area contributed by atoms with Crippen LogP contribution in [-0.4, -0.2) is 46.4 Å². The van der Waals surface area contributed by atoms with E-state index in [4.69, 9.17) is 20.2 Å². The molecule has 8 nitrogen and oxygen atoms in total. The number of amides is 1. The third kappa shape index (κ3) is 7.53. The lowest BCUT2D eigenvalue weighted by Gasteiger charge is -2.25. The molecule has 1 fully saturated rings. The number of nitrogens with one attached hydrogen (secondary N) is 1. The first-order valence-corrected chi connectivity index (χ1v) is 8.67. The summed E-state index contributed by atoms with van der Waals surface area (Å²) in [7, 11) is 0. The molecule has 0 atom stereocenters. The number of carbonyl (C=O) groups is 2. The highest BCUT2D eigenvalue weighted by atomic mass is 19.4. The van der Waals surface area contributed by atoms with Gasteiger partial charge in [0.2, 0.25) is 11.8 Å². The van der Waals surface area contributed by atoms with E-state index in [2.05, 4.69) is 15.5 Å². The van der Waals surface area contributed by atoms with E-state index >= 15 is 0 Å². The molecule has 1 aliphatic rings. The van der Waals surface area contributed by atoms with Crippen LogP contribution in [0.4, 0.5) is 13.2 Å². The Morgan fingerprint density at radius 1 is 1.30 bits per heavy atom. The molecule has 0 saturated heterocycles. The molecule has 0 unspecified atom stereocenters. The highest BCUT2D eigenvalue weighted by molar-refractivity contribution is 5.78.